The largest absolute Gasteiger partial charge is 0.368 e. The van der Waals surface area contributed by atoms with Gasteiger partial charge in [-0.2, -0.15) is 0 Å². The lowest BCUT2D eigenvalue weighted by molar-refractivity contribution is -0.131. The first-order valence-corrected chi connectivity index (χ1v) is 9.33. The molecular weight excluding hydrogens is 316 g/mol. The molecule has 136 valence electrons. The summed E-state index contributed by atoms with van der Waals surface area (Å²) < 4.78 is 0. The Balaban J connectivity index is 1.36. The molecule has 3 rings (SSSR count). The van der Waals surface area contributed by atoms with Crippen molar-refractivity contribution >= 4 is 17.5 Å². The topological polar surface area (TPSA) is 64.7 Å². The van der Waals surface area contributed by atoms with Crippen LogP contribution in [-0.4, -0.2) is 62.0 Å². The molecule has 6 heteroatoms. The molecule has 2 amide bonds. The van der Waals surface area contributed by atoms with Crippen LogP contribution in [0.2, 0.25) is 0 Å². The van der Waals surface area contributed by atoms with Gasteiger partial charge >= 0.3 is 0 Å². The Kier molecular flexibility index (Phi) is 6.28. The predicted octanol–water partition coefficient (Wildman–Crippen LogP) is 0.984. The maximum atomic E-state index is 12.3. The van der Waals surface area contributed by atoms with Gasteiger partial charge in [0.1, 0.15) is 0 Å². The van der Waals surface area contributed by atoms with E-state index in [2.05, 4.69) is 27.7 Å². The maximum absolute atomic E-state index is 12.3. The summed E-state index contributed by atoms with van der Waals surface area (Å²) in [5.74, 6) is 0.158. The second-order valence-electron chi connectivity index (χ2n) is 6.75. The zero-order valence-corrected chi connectivity index (χ0v) is 14.7. The lowest BCUT2D eigenvalue weighted by Gasteiger charge is -2.36. The van der Waals surface area contributed by atoms with Crippen LogP contribution in [0.3, 0.4) is 0 Å². The number of anilines is 1. The summed E-state index contributed by atoms with van der Waals surface area (Å²) in [5.41, 5.74) is 1.21. The van der Waals surface area contributed by atoms with Gasteiger partial charge < -0.3 is 20.4 Å². The van der Waals surface area contributed by atoms with Gasteiger partial charge in [-0.25, -0.2) is 0 Å². The van der Waals surface area contributed by atoms with Gasteiger partial charge in [-0.05, 0) is 31.5 Å². The lowest BCUT2D eigenvalue weighted by atomic mass is 10.0. The van der Waals surface area contributed by atoms with E-state index in [1.165, 1.54) is 5.69 Å². The van der Waals surface area contributed by atoms with Crippen LogP contribution in [0.4, 0.5) is 5.69 Å². The van der Waals surface area contributed by atoms with Gasteiger partial charge in [-0.3, -0.25) is 9.59 Å². The van der Waals surface area contributed by atoms with E-state index in [-0.39, 0.29) is 17.9 Å². The average Bonchev–Trinajstić information content (AvgIpc) is 2.69. The van der Waals surface area contributed by atoms with Crippen LogP contribution < -0.4 is 15.5 Å². The van der Waals surface area contributed by atoms with Gasteiger partial charge in [-0.15, -0.1) is 0 Å². The normalized spacial score (nSPS) is 21.0. The third kappa shape index (κ3) is 4.95. The fraction of sp³-hybridized carbons (Fsp3) is 0.579. The monoisotopic (exact) mass is 344 g/mol. The van der Waals surface area contributed by atoms with E-state index in [0.29, 0.717) is 13.0 Å². The molecule has 1 atom stereocenters. The van der Waals surface area contributed by atoms with Gasteiger partial charge in [-0.1, -0.05) is 24.6 Å². The van der Waals surface area contributed by atoms with E-state index in [0.717, 1.165) is 52.0 Å². The van der Waals surface area contributed by atoms with Crippen molar-refractivity contribution in [1.82, 2.24) is 15.5 Å². The van der Waals surface area contributed by atoms with Crippen LogP contribution in [0.25, 0.3) is 0 Å². The van der Waals surface area contributed by atoms with Crippen molar-refractivity contribution in [3.63, 3.8) is 0 Å². The molecule has 25 heavy (non-hydrogen) atoms. The molecule has 2 saturated heterocycles. The minimum absolute atomic E-state index is 0.0291. The molecule has 2 aliphatic heterocycles. The number of carbonyl (C=O) groups excluding carboxylic acids is 2. The van der Waals surface area contributed by atoms with Gasteiger partial charge in [0.05, 0.1) is 6.04 Å². The second-order valence-corrected chi connectivity index (χ2v) is 6.75. The number of nitrogens with zero attached hydrogens (tertiary/aromatic N) is 2. The lowest BCUT2D eigenvalue weighted by Crippen LogP contribution is -2.50. The van der Waals surface area contributed by atoms with Crippen LogP contribution in [0.1, 0.15) is 25.7 Å². The van der Waals surface area contributed by atoms with Gasteiger partial charge in [0.15, 0.2) is 0 Å². The zero-order chi connectivity index (χ0) is 17.5. The Bertz CT molecular complexity index is 564. The highest BCUT2D eigenvalue weighted by Gasteiger charge is 2.22. The highest BCUT2D eigenvalue weighted by atomic mass is 16.2. The molecule has 6 nitrogen and oxygen atoms in total. The molecule has 1 aromatic rings. The minimum Gasteiger partial charge on any atom is -0.368 e. The Labute approximate surface area is 149 Å². The number of piperidine rings is 1. The standard InChI is InChI=1S/C19H28N4O2/c24-18(9-11-21-19(25)17-8-4-5-10-20-17)23-14-12-22(13-15-23)16-6-2-1-3-7-16/h1-3,6-7,17,20H,4-5,8-15H2,(H,21,25)/t17-/m1/s1. The highest BCUT2D eigenvalue weighted by Crippen LogP contribution is 2.15. The Morgan fingerprint density at radius 1 is 1.08 bits per heavy atom. The summed E-state index contributed by atoms with van der Waals surface area (Å²) in [7, 11) is 0. The second kappa shape index (κ2) is 8.85. The Morgan fingerprint density at radius 3 is 2.52 bits per heavy atom. The number of hydrogen-bond donors (Lipinski definition) is 2. The van der Waals surface area contributed by atoms with Crippen molar-refractivity contribution in [2.45, 2.75) is 31.7 Å². The quantitative estimate of drug-likeness (QED) is 0.836. The summed E-state index contributed by atoms with van der Waals surface area (Å²) in [6.07, 6.45) is 3.50. The maximum Gasteiger partial charge on any atom is 0.237 e. The van der Waals surface area contributed by atoms with Crippen LogP contribution in [0, 0.1) is 0 Å². The number of para-hydroxylation sites is 1. The Hall–Kier alpha value is -2.08. The fourth-order valence-electron chi connectivity index (χ4n) is 3.50. The van der Waals surface area contributed by atoms with E-state index in [1.54, 1.807) is 0 Å². The number of carbonyl (C=O) groups is 2. The van der Waals surface area contributed by atoms with E-state index >= 15 is 0 Å². The molecular formula is C19H28N4O2. The number of piperazine rings is 1. The highest BCUT2D eigenvalue weighted by molar-refractivity contribution is 5.83. The van der Waals surface area contributed by atoms with E-state index in [4.69, 9.17) is 0 Å². The molecule has 0 spiro atoms. The first kappa shape index (κ1) is 17.7. The van der Waals surface area contributed by atoms with Crippen molar-refractivity contribution in [3.8, 4) is 0 Å². The molecule has 2 fully saturated rings. The molecule has 0 aromatic heterocycles. The third-order valence-electron chi connectivity index (χ3n) is 5.02. The average molecular weight is 344 g/mol. The van der Waals surface area contributed by atoms with Crippen LogP contribution in [0.5, 0.6) is 0 Å². The SMILES string of the molecule is O=C(NCCC(=O)N1CCN(c2ccccc2)CC1)[C@H]1CCCCN1. The molecule has 0 bridgehead atoms. The molecule has 0 aliphatic carbocycles. The first-order valence-electron chi connectivity index (χ1n) is 9.33. The fourth-order valence-corrected chi connectivity index (χ4v) is 3.50. The molecule has 1 aromatic carbocycles. The van der Waals surface area contributed by atoms with Gasteiger partial charge in [0.2, 0.25) is 11.8 Å². The Morgan fingerprint density at radius 2 is 1.84 bits per heavy atom. The van der Waals surface area contributed by atoms with E-state index in [1.807, 2.05) is 23.1 Å². The van der Waals surface area contributed by atoms with Crippen molar-refractivity contribution in [2.24, 2.45) is 0 Å². The number of hydrogen-bond acceptors (Lipinski definition) is 4. The van der Waals surface area contributed by atoms with Crippen molar-refractivity contribution < 1.29 is 9.59 Å². The van der Waals surface area contributed by atoms with Crippen LogP contribution in [-0.2, 0) is 9.59 Å². The minimum atomic E-state index is -0.0849. The smallest absolute Gasteiger partial charge is 0.237 e. The molecule has 0 radical (unpaired) electrons. The van der Waals surface area contributed by atoms with E-state index < -0.39 is 0 Å². The summed E-state index contributed by atoms with van der Waals surface area (Å²) in [5, 5.41) is 6.13. The van der Waals surface area contributed by atoms with Crippen molar-refractivity contribution in [2.75, 3.05) is 44.2 Å². The molecule has 2 aliphatic rings. The zero-order valence-electron chi connectivity index (χ0n) is 14.7. The van der Waals surface area contributed by atoms with E-state index in [9.17, 15) is 9.59 Å². The summed E-state index contributed by atoms with van der Waals surface area (Å²) in [6.45, 7) is 4.53. The molecule has 2 N–H and O–H groups in total. The number of nitrogens with one attached hydrogen (secondary N) is 2. The molecule has 0 saturated carbocycles. The number of rotatable bonds is 5. The van der Waals surface area contributed by atoms with Crippen LogP contribution in [0.15, 0.2) is 30.3 Å². The first-order chi connectivity index (χ1) is 12.2. The number of benzene rings is 1. The number of amides is 2. The molecule has 2 heterocycles. The molecule has 0 unspecified atom stereocenters. The summed E-state index contributed by atoms with van der Waals surface area (Å²) >= 11 is 0. The predicted molar refractivity (Wildman–Crippen MR) is 98.5 cm³/mol. The van der Waals surface area contributed by atoms with Crippen molar-refractivity contribution in [1.29, 1.82) is 0 Å². The van der Waals surface area contributed by atoms with Crippen LogP contribution >= 0.6 is 0 Å². The third-order valence-corrected chi connectivity index (χ3v) is 5.02. The van der Waals surface area contributed by atoms with Gasteiger partial charge in [0, 0.05) is 44.8 Å². The van der Waals surface area contributed by atoms with Crippen molar-refractivity contribution in [3.05, 3.63) is 30.3 Å². The summed E-state index contributed by atoms with van der Waals surface area (Å²) in [4.78, 5) is 28.6. The van der Waals surface area contributed by atoms with Gasteiger partial charge in [0.25, 0.3) is 0 Å². The summed E-state index contributed by atoms with van der Waals surface area (Å²) in [6, 6.07) is 10.2.